The molecule has 1 saturated heterocycles. The summed E-state index contributed by atoms with van der Waals surface area (Å²) in [6, 6.07) is 7.69. The highest BCUT2D eigenvalue weighted by atomic mass is 16.5. The van der Waals surface area contributed by atoms with Gasteiger partial charge in [-0.05, 0) is 12.1 Å². The molecule has 1 aromatic heterocycles. The van der Waals surface area contributed by atoms with Crippen molar-refractivity contribution < 1.29 is 9.53 Å². The van der Waals surface area contributed by atoms with E-state index in [-0.39, 0.29) is 18.1 Å². The zero-order chi connectivity index (χ0) is 13.2. The molecule has 0 spiro atoms. The molecule has 1 aromatic carbocycles. The van der Waals surface area contributed by atoms with Crippen LogP contribution in [0.2, 0.25) is 0 Å². The quantitative estimate of drug-likeness (QED) is 0.766. The van der Waals surface area contributed by atoms with Crippen molar-refractivity contribution in [2.75, 3.05) is 20.2 Å². The van der Waals surface area contributed by atoms with Crippen molar-refractivity contribution in [3.05, 3.63) is 36.0 Å². The number of carbonyl (C=O) groups is 1. The number of carbonyl (C=O) groups excluding carboxylic acids is 1. The number of amides is 1. The average Bonchev–Trinajstić information content (AvgIpc) is 3.05. The predicted octanol–water partition coefficient (Wildman–Crippen LogP) is 0.885. The lowest BCUT2D eigenvalue weighted by atomic mass is 10.1. The second-order valence-corrected chi connectivity index (χ2v) is 4.76. The molecule has 0 aliphatic carbocycles. The van der Waals surface area contributed by atoms with E-state index in [4.69, 9.17) is 4.74 Å². The molecule has 0 saturated carbocycles. The van der Waals surface area contributed by atoms with Gasteiger partial charge in [-0.25, -0.2) is 0 Å². The first-order valence-corrected chi connectivity index (χ1v) is 6.40. The minimum Gasteiger partial charge on any atom is -0.378 e. The third kappa shape index (κ3) is 2.22. The van der Waals surface area contributed by atoms with Crippen molar-refractivity contribution in [1.29, 1.82) is 0 Å². The number of nitrogens with one attached hydrogen (secondary N) is 3. The number of aromatic amines is 1. The van der Waals surface area contributed by atoms with Crippen LogP contribution in [0.5, 0.6) is 0 Å². The Labute approximate surface area is 111 Å². The van der Waals surface area contributed by atoms with Gasteiger partial charge in [-0.15, -0.1) is 0 Å². The fourth-order valence-corrected chi connectivity index (χ4v) is 2.57. The molecule has 1 fully saturated rings. The molecule has 1 amide bonds. The molecular weight excluding hydrogens is 242 g/mol. The lowest BCUT2D eigenvalue weighted by molar-refractivity contribution is 0.0781. The number of fused-ring (bicyclic) bond motifs is 1. The number of ether oxygens (including phenoxy) is 1. The van der Waals surface area contributed by atoms with E-state index in [1.807, 2.05) is 30.5 Å². The van der Waals surface area contributed by atoms with Crippen LogP contribution in [0, 0.1) is 0 Å². The Bertz CT molecular complexity index is 593. The van der Waals surface area contributed by atoms with Gasteiger partial charge in [0.1, 0.15) is 0 Å². The van der Waals surface area contributed by atoms with Crippen LogP contribution in [0.4, 0.5) is 0 Å². The zero-order valence-corrected chi connectivity index (χ0v) is 10.8. The number of hydrogen-bond acceptors (Lipinski definition) is 3. The van der Waals surface area contributed by atoms with Crippen molar-refractivity contribution in [2.24, 2.45) is 0 Å². The van der Waals surface area contributed by atoms with E-state index in [0.717, 1.165) is 24.0 Å². The number of methoxy groups -OCH3 is 1. The van der Waals surface area contributed by atoms with E-state index in [9.17, 15) is 4.79 Å². The Morgan fingerprint density at radius 3 is 3.11 bits per heavy atom. The molecule has 2 heterocycles. The lowest BCUT2D eigenvalue weighted by Crippen LogP contribution is -2.43. The number of rotatable bonds is 3. The molecule has 3 rings (SSSR count). The molecule has 1 aliphatic rings. The van der Waals surface area contributed by atoms with E-state index in [1.54, 1.807) is 7.11 Å². The summed E-state index contributed by atoms with van der Waals surface area (Å²) in [6.07, 6.45) is 1.88. The van der Waals surface area contributed by atoms with Crippen molar-refractivity contribution >= 4 is 16.8 Å². The monoisotopic (exact) mass is 259 g/mol. The summed E-state index contributed by atoms with van der Waals surface area (Å²) < 4.78 is 5.35. The second-order valence-electron chi connectivity index (χ2n) is 4.76. The van der Waals surface area contributed by atoms with Gasteiger partial charge in [0, 0.05) is 31.8 Å². The summed E-state index contributed by atoms with van der Waals surface area (Å²) in [7, 11) is 1.67. The van der Waals surface area contributed by atoms with Crippen LogP contribution in [-0.2, 0) is 4.74 Å². The second kappa shape index (κ2) is 5.03. The maximum atomic E-state index is 12.4. The Kier molecular flexibility index (Phi) is 3.23. The summed E-state index contributed by atoms with van der Waals surface area (Å²) in [6.45, 7) is 1.51. The zero-order valence-electron chi connectivity index (χ0n) is 10.8. The fourth-order valence-electron chi connectivity index (χ4n) is 2.57. The molecule has 0 bridgehead atoms. The van der Waals surface area contributed by atoms with Crippen molar-refractivity contribution in [1.82, 2.24) is 15.6 Å². The maximum Gasteiger partial charge on any atom is 0.253 e. The van der Waals surface area contributed by atoms with Crippen LogP contribution in [-0.4, -0.2) is 43.2 Å². The Morgan fingerprint density at radius 1 is 1.37 bits per heavy atom. The van der Waals surface area contributed by atoms with Gasteiger partial charge in [-0.2, -0.15) is 0 Å². The number of para-hydroxylation sites is 1. The van der Waals surface area contributed by atoms with Gasteiger partial charge in [-0.3, -0.25) is 4.79 Å². The van der Waals surface area contributed by atoms with Crippen LogP contribution in [0.1, 0.15) is 10.4 Å². The molecular formula is C14H17N3O2. The minimum absolute atomic E-state index is 0.0164. The van der Waals surface area contributed by atoms with E-state index in [0.29, 0.717) is 5.56 Å². The molecule has 1 aliphatic heterocycles. The largest absolute Gasteiger partial charge is 0.378 e. The predicted molar refractivity (Wildman–Crippen MR) is 73.2 cm³/mol. The van der Waals surface area contributed by atoms with Gasteiger partial charge in [-0.1, -0.05) is 12.1 Å². The maximum absolute atomic E-state index is 12.4. The van der Waals surface area contributed by atoms with Crippen molar-refractivity contribution in [3.8, 4) is 0 Å². The van der Waals surface area contributed by atoms with Crippen LogP contribution in [0.3, 0.4) is 0 Å². The van der Waals surface area contributed by atoms with Crippen LogP contribution in [0.15, 0.2) is 30.5 Å². The highest BCUT2D eigenvalue weighted by molar-refractivity contribution is 6.05. The average molecular weight is 259 g/mol. The summed E-state index contributed by atoms with van der Waals surface area (Å²) in [5.41, 5.74) is 1.55. The standard InChI is InChI=1S/C14H17N3O2/c1-19-12-8-15-7-11(12)17-14(18)10-4-2-3-9-5-6-16-13(9)10/h2-6,11-12,15-16H,7-8H2,1H3,(H,17,18)/t11?,12-/m0/s1. The molecule has 2 atom stereocenters. The van der Waals surface area contributed by atoms with Gasteiger partial charge in [0.25, 0.3) is 5.91 Å². The summed E-state index contributed by atoms with van der Waals surface area (Å²) >= 11 is 0. The number of aromatic nitrogens is 1. The fraction of sp³-hybridized carbons (Fsp3) is 0.357. The van der Waals surface area contributed by atoms with Crippen molar-refractivity contribution in [3.63, 3.8) is 0 Å². The summed E-state index contributed by atoms with van der Waals surface area (Å²) in [5, 5.41) is 7.29. The minimum atomic E-state index is -0.0659. The third-order valence-corrected chi connectivity index (χ3v) is 3.61. The highest BCUT2D eigenvalue weighted by Crippen LogP contribution is 2.17. The molecule has 1 unspecified atom stereocenters. The van der Waals surface area contributed by atoms with Crippen LogP contribution in [0.25, 0.3) is 10.9 Å². The molecule has 2 aromatic rings. The lowest BCUT2D eigenvalue weighted by Gasteiger charge is -2.18. The molecule has 19 heavy (non-hydrogen) atoms. The number of hydrogen-bond donors (Lipinski definition) is 3. The van der Waals surface area contributed by atoms with E-state index >= 15 is 0 Å². The summed E-state index contributed by atoms with van der Waals surface area (Å²) in [4.78, 5) is 15.5. The van der Waals surface area contributed by atoms with E-state index in [2.05, 4.69) is 15.6 Å². The van der Waals surface area contributed by atoms with Gasteiger partial charge in [0.15, 0.2) is 0 Å². The normalized spacial score (nSPS) is 22.8. The highest BCUT2D eigenvalue weighted by Gasteiger charge is 2.28. The number of H-pyrrole nitrogens is 1. The topological polar surface area (TPSA) is 66.2 Å². The number of benzene rings is 1. The van der Waals surface area contributed by atoms with Gasteiger partial charge < -0.3 is 20.4 Å². The Hall–Kier alpha value is -1.85. The van der Waals surface area contributed by atoms with Gasteiger partial charge >= 0.3 is 0 Å². The first-order valence-electron chi connectivity index (χ1n) is 6.40. The summed E-state index contributed by atoms with van der Waals surface area (Å²) in [5.74, 6) is -0.0659. The first-order chi connectivity index (χ1) is 9.29. The van der Waals surface area contributed by atoms with Crippen molar-refractivity contribution in [2.45, 2.75) is 12.1 Å². The van der Waals surface area contributed by atoms with Gasteiger partial charge in [0.05, 0.1) is 23.2 Å². The molecule has 0 radical (unpaired) electrons. The molecule has 3 N–H and O–H groups in total. The molecule has 5 nitrogen and oxygen atoms in total. The SMILES string of the molecule is CO[C@H]1CNCC1NC(=O)c1cccc2cc[nH]c12. The molecule has 5 heteroatoms. The smallest absolute Gasteiger partial charge is 0.253 e. The van der Waals surface area contributed by atoms with Crippen LogP contribution < -0.4 is 10.6 Å². The first kappa shape index (κ1) is 12.2. The Balaban J connectivity index is 1.82. The Morgan fingerprint density at radius 2 is 2.26 bits per heavy atom. The van der Waals surface area contributed by atoms with E-state index < -0.39 is 0 Å². The van der Waals surface area contributed by atoms with Crippen LogP contribution >= 0.6 is 0 Å². The third-order valence-electron chi connectivity index (χ3n) is 3.61. The van der Waals surface area contributed by atoms with E-state index in [1.165, 1.54) is 0 Å². The molecule has 100 valence electrons. The van der Waals surface area contributed by atoms with Gasteiger partial charge in [0.2, 0.25) is 0 Å².